The van der Waals surface area contributed by atoms with Crippen LogP contribution < -0.4 is 11.2 Å². The Balaban J connectivity index is 2.29. The number of carbonyl (C=O) groups excluding carboxylic acids is 1. The zero-order chi connectivity index (χ0) is 16.8. The number of aromatic amines is 2. The lowest BCUT2D eigenvalue weighted by Crippen LogP contribution is -2.26. The van der Waals surface area contributed by atoms with Gasteiger partial charge >= 0.3 is 11.7 Å². The average Bonchev–Trinajstić information content (AvgIpc) is 2.53. The molecule has 120 valence electrons. The molecule has 0 spiro atoms. The number of nitrogens with one attached hydrogen (secondary N) is 2. The lowest BCUT2D eigenvalue weighted by Gasteiger charge is -2.10. The zero-order valence-electron chi connectivity index (χ0n) is 12.3. The molecular formula is C15H15N3O5. The molecule has 8 heteroatoms. The second-order valence-corrected chi connectivity index (χ2v) is 4.68. The van der Waals surface area contributed by atoms with Crippen LogP contribution in [0, 0.1) is 0 Å². The van der Waals surface area contributed by atoms with Crippen molar-refractivity contribution < 1.29 is 14.6 Å². The fourth-order valence-electron chi connectivity index (χ4n) is 1.94. The van der Waals surface area contributed by atoms with Crippen LogP contribution in [-0.4, -0.2) is 40.4 Å². The summed E-state index contributed by atoms with van der Waals surface area (Å²) >= 11 is 0. The smallest absolute Gasteiger partial charge is 0.330 e. The first kappa shape index (κ1) is 16.2. The Morgan fingerprint density at radius 3 is 2.61 bits per heavy atom. The van der Waals surface area contributed by atoms with Gasteiger partial charge in [-0.15, -0.1) is 0 Å². The van der Waals surface area contributed by atoms with Crippen molar-refractivity contribution in [3.05, 3.63) is 62.3 Å². The molecule has 2 rings (SSSR count). The number of hydrogen-bond donors (Lipinski definition) is 3. The standard InChI is InChI=1S/C15H15N3O5/c1-23-14(21)11(7-9-5-3-2-4-6-9)16-8-10-12(19)17-15(22)18-13(10)20/h2-6,8,11H,7H2,1H3,(H3,17,18,19,20,22). The highest BCUT2D eigenvalue weighted by molar-refractivity contribution is 5.85. The van der Waals surface area contributed by atoms with Crippen molar-refractivity contribution in [2.45, 2.75) is 12.5 Å². The maximum Gasteiger partial charge on any atom is 0.330 e. The molecular weight excluding hydrogens is 302 g/mol. The Labute approximate surface area is 130 Å². The summed E-state index contributed by atoms with van der Waals surface area (Å²) in [5.74, 6) is -1.20. The van der Waals surface area contributed by atoms with Crippen molar-refractivity contribution in [1.82, 2.24) is 9.97 Å². The molecule has 23 heavy (non-hydrogen) atoms. The Hall–Kier alpha value is -3.16. The molecule has 1 unspecified atom stereocenters. The molecule has 1 heterocycles. The fraction of sp³-hybridized carbons (Fsp3) is 0.200. The maximum absolute atomic E-state index is 11.8. The number of methoxy groups -OCH3 is 1. The van der Waals surface area contributed by atoms with Gasteiger partial charge in [0.25, 0.3) is 5.56 Å². The first-order chi connectivity index (χ1) is 11.0. The molecule has 1 aromatic heterocycles. The number of hydrogen-bond acceptors (Lipinski definition) is 6. The minimum absolute atomic E-state index is 0.244. The minimum Gasteiger partial charge on any atom is -0.494 e. The summed E-state index contributed by atoms with van der Waals surface area (Å²) in [6, 6.07) is 8.27. The molecule has 1 aromatic carbocycles. The van der Waals surface area contributed by atoms with E-state index in [4.69, 9.17) is 4.74 Å². The van der Waals surface area contributed by atoms with E-state index in [0.717, 1.165) is 11.8 Å². The van der Waals surface area contributed by atoms with E-state index in [1.54, 1.807) is 0 Å². The van der Waals surface area contributed by atoms with Crippen LogP contribution in [0.25, 0.3) is 0 Å². The summed E-state index contributed by atoms with van der Waals surface area (Å²) in [4.78, 5) is 42.5. The summed E-state index contributed by atoms with van der Waals surface area (Å²) in [5, 5.41) is 9.59. The van der Waals surface area contributed by atoms with Crippen LogP contribution in [0.15, 0.2) is 44.9 Å². The monoisotopic (exact) mass is 317 g/mol. The third-order valence-electron chi connectivity index (χ3n) is 3.09. The van der Waals surface area contributed by atoms with E-state index >= 15 is 0 Å². The van der Waals surface area contributed by atoms with Crippen LogP contribution in [0.3, 0.4) is 0 Å². The lowest BCUT2D eigenvalue weighted by molar-refractivity contribution is -0.142. The van der Waals surface area contributed by atoms with E-state index < -0.39 is 29.1 Å². The number of H-pyrrole nitrogens is 2. The van der Waals surface area contributed by atoms with E-state index in [1.807, 2.05) is 40.3 Å². The van der Waals surface area contributed by atoms with Crippen LogP contribution in [0.2, 0.25) is 0 Å². The molecule has 0 radical (unpaired) electrons. The fourth-order valence-corrected chi connectivity index (χ4v) is 1.94. The minimum atomic E-state index is -0.881. The van der Waals surface area contributed by atoms with Crippen molar-refractivity contribution in [3.8, 4) is 5.88 Å². The van der Waals surface area contributed by atoms with Crippen molar-refractivity contribution in [3.63, 3.8) is 0 Å². The quantitative estimate of drug-likeness (QED) is 0.527. The van der Waals surface area contributed by atoms with Crippen molar-refractivity contribution >= 4 is 12.2 Å². The summed E-state index contributed by atoms with van der Waals surface area (Å²) < 4.78 is 4.69. The van der Waals surface area contributed by atoms with E-state index in [1.165, 1.54) is 7.11 Å². The summed E-state index contributed by atoms with van der Waals surface area (Å²) in [7, 11) is 1.24. The topological polar surface area (TPSA) is 125 Å². The molecule has 8 nitrogen and oxygen atoms in total. The molecule has 0 aliphatic rings. The van der Waals surface area contributed by atoms with Crippen LogP contribution in [-0.2, 0) is 16.0 Å². The molecule has 0 saturated heterocycles. The Morgan fingerprint density at radius 2 is 2.00 bits per heavy atom. The maximum atomic E-state index is 11.8. The Kier molecular flexibility index (Phi) is 5.08. The van der Waals surface area contributed by atoms with Crippen LogP contribution >= 0.6 is 0 Å². The summed E-state index contributed by atoms with van der Waals surface area (Å²) in [6.45, 7) is 0. The number of rotatable bonds is 5. The molecule has 0 amide bonds. The van der Waals surface area contributed by atoms with Gasteiger partial charge in [0.05, 0.1) is 7.11 Å². The Bertz CT molecular complexity index is 823. The number of nitrogens with zero attached hydrogens (tertiary/aromatic N) is 1. The van der Waals surface area contributed by atoms with Crippen molar-refractivity contribution in [2.24, 2.45) is 4.99 Å². The predicted molar refractivity (Wildman–Crippen MR) is 82.9 cm³/mol. The third kappa shape index (κ3) is 4.16. The van der Waals surface area contributed by atoms with Crippen LogP contribution in [0.5, 0.6) is 5.88 Å². The van der Waals surface area contributed by atoms with Crippen LogP contribution in [0.4, 0.5) is 0 Å². The van der Waals surface area contributed by atoms with Gasteiger partial charge in [-0.3, -0.25) is 19.8 Å². The summed E-state index contributed by atoms with van der Waals surface area (Å²) in [6.07, 6.45) is 1.31. The molecule has 2 aromatic rings. The number of aromatic hydroxyl groups is 1. The SMILES string of the molecule is COC(=O)C(Cc1ccccc1)N=Cc1c(O)[nH]c(=O)[nH]c1=O. The van der Waals surface area contributed by atoms with E-state index in [9.17, 15) is 19.5 Å². The van der Waals surface area contributed by atoms with Crippen LogP contribution in [0.1, 0.15) is 11.1 Å². The number of aliphatic imine (C=N–C) groups is 1. The first-order valence-electron chi connectivity index (χ1n) is 6.71. The highest BCUT2D eigenvalue weighted by Gasteiger charge is 2.18. The van der Waals surface area contributed by atoms with Gasteiger partial charge in [0, 0.05) is 12.6 Å². The number of esters is 1. The second-order valence-electron chi connectivity index (χ2n) is 4.68. The second kappa shape index (κ2) is 7.21. The highest BCUT2D eigenvalue weighted by Crippen LogP contribution is 2.09. The molecule has 3 N–H and O–H groups in total. The molecule has 0 aliphatic heterocycles. The number of benzene rings is 1. The summed E-state index contributed by atoms with van der Waals surface area (Å²) in [5.41, 5.74) is -1.03. The molecule has 0 aliphatic carbocycles. The van der Waals surface area contributed by atoms with Gasteiger partial charge < -0.3 is 9.84 Å². The highest BCUT2D eigenvalue weighted by atomic mass is 16.5. The normalized spacial score (nSPS) is 12.2. The van der Waals surface area contributed by atoms with E-state index in [0.29, 0.717) is 0 Å². The first-order valence-corrected chi connectivity index (χ1v) is 6.71. The number of aromatic nitrogens is 2. The van der Waals surface area contributed by atoms with Gasteiger partial charge in [0.1, 0.15) is 5.56 Å². The third-order valence-corrected chi connectivity index (χ3v) is 3.09. The molecule has 0 saturated carbocycles. The molecule has 0 fully saturated rings. The van der Waals surface area contributed by atoms with E-state index in [2.05, 4.69) is 4.99 Å². The molecule has 1 atom stereocenters. The average molecular weight is 317 g/mol. The van der Waals surface area contributed by atoms with Gasteiger partial charge in [0.2, 0.25) is 5.88 Å². The lowest BCUT2D eigenvalue weighted by atomic mass is 10.1. The van der Waals surface area contributed by atoms with E-state index in [-0.39, 0.29) is 12.0 Å². The van der Waals surface area contributed by atoms with Gasteiger partial charge in [0.15, 0.2) is 6.04 Å². The van der Waals surface area contributed by atoms with Gasteiger partial charge in [-0.05, 0) is 5.56 Å². The molecule has 0 bridgehead atoms. The zero-order valence-corrected chi connectivity index (χ0v) is 12.3. The van der Waals surface area contributed by atoms with Gasteiger partial charge in [-0.2, -0.15) is 0 Å². The Morgan fingerprint density at radius 1 is 1.30 bits per heavy atom. The van der Waals surface area contributed by atoms with Crippen molar-refractivity contribution in [1.29, 1.82) is 0 Å². The number of carbonyl (C=O) groups is 1. The van der Waals surface area contributed by atoms with Gasteiger partial charge in [-0.1, -0.05) is 30.3 Å². The predicted octanol–water partition coefficient (Wildman–Crippen LogP) is -0.0280. The van der Waals surface area contributed by atoms with Gasteiger partial charge in [-0.25, -0.2) is 9.59 Å². The number of ether oxygens (including phenoxy) is 1. The largest absolute Gasteiger partial charge is 0.494 e. The van der Waals surface area contributed by atoms with Crippen molar-refractivity contribution in [2.75, 3.05) is 7.11 Å².